The van der Waals surface area contributed by atoms with Gasteiger partial charge in [0.2, 0.25) is 5.95 Å². The van der Waals surface area contributed by atoms with Crippen LogP contribution in [0.2, 0.25) is 5.15 Å². The Hall–Kier alpha value is -3.13. The molecule has 3 aromatic heterocycles. The molecule has 0 aliphatic rings. The van der Waals surface area contributed by atoms with Crippen molar-refractivity contribution < 1.29 is 8.78 Å². The first-order valence-corrected chi connectivity index (χ1v) is 7.97. The van der Waals surface area contributed by atoms with Crippen LogP contribution in [0.5, 0.6) is 0 Å². The number of halogens is 3. The van der Waals surface area contributed by atoms with Crippen LogP contribution in [-0.2, 0) is 0 Å². The molecule has 3 heterocycles. The van der Waals surface area contributed by atoms with Gasteiger partial charge in [0.1, 0.15) is 11.0 Å². The van der Waals surface area contributed by atoms with Gasteiger partial charge in [-0.3, -0.25) is 9.55 Å². The van der Waals surface area contributed by atoms with Gasteiger partial charge < -0.3 is 5.32 Å². The molecule has 0 spiro atoms. The lowest BCUT2D eigenvalue weighted by Crippen LogP contribution is -2.08. The number of nitrogens with zero attached hydrogens (tertiary/aromatic N) is 5. The third-order valence-corrected chi connectivity index (χ3v) is 3.79. The first-order valence-electron chi connectivity index (χ1n) is 7.59. The largest absolute Gasteiger partial charge is 0.339 e. The van der Waals surface area contributed by atoms with Crippen LogP contribution in [0.25, 0.3) is 17.0 Å². The molecule has 0 aliphatic carbocycles. The number of aromatic nitrogens is 5. The van der Waals surface area contributed by atoms with Crippen molar-refractivity contribution in [2.75, 3.05) is 5.32 Å². The molecule has 4 rings (SSSR count). The predicted molar refractivity (Wildman–Crippen MR) is 94.1 cm³/mol. The molecule has 0 saturated heterocycles. The Morgan fingerprint density at radius 3 is 2.65 bits per heavy atom. The Labute approximate surface area is 151 Å². The van der Waals surface area contributed by atoms with Crippen molar-refractivity contribution in [1.82, 2.24) is 24.5 Å². The summed E-state index contributed by atoms with van der Waals surface area (Å²) >= 11 is 6.09. The van der Waals surface area contributed by atoms with Gasteiger partial charge in [0.05, 0.1) is 22.9 Å². The number of para-hydroxylation sites is 2. The summed E-state index contributed by atoms with van der Waals surface area (Å²) in [6.45, 7) is 0. The molecular weight excluding hydrogens is 362 g/mol. The molecule has 9 heteroatoms. The van der Waals surface area contributed by atoms with Crippen LogP contribution in [0.15, 0.2) is 54.9 Å². The molecular formula is C17H11ClF2N6. The molecule has 26 heavy (non-hydrogen) atoms. The van der Waals surface area contributed by atoms with Gasteiger partial charge in [0.25, 0.3) is 6.43 Å². The number of imidazole rings is 1. The van der Waals surface area contributed by atoms with E-state index in [0.29, 0.717) is 22.5 Å². The number of pyridine rings is 1. The smallest absolute Gasteiger partial charge is 0.296 e. The van der Waals surface area contributed by atoms with Crippen LogP contribution in [-0.4, -0.2) is 24.5 Å². The van der Waals surface area contributed by atoms with Crippen molar-refractivity contribution >= 4 is 34.1 Å². The third kappa shape index (κ3) is 3.06. The molecule has 0 saturated carbocycles. The summed E-state index contributed by atoms with van der Waals surface area (Å²) in [7, 11) is 0. The van der Waals surface area contributed by atoms with Gasteiger partial charge in [-0.25, -0.2) is 18.7 Å². The Morgan fingerprint density at radius 2 is 1.88 bits per heavy atom. The average molecular weight is 373 g/mol. The van der Waals surface area contributed by atoms with Crippen molar-refractivity contribution in [2.24, 2.45) is 0 Å². The molecule has 0 unspecified atom stereocenters. The van der Waals surface area contributed by atoms with E-state index in [1.165, 1.54) is 10.6 Å². The second kappa shape index (κ2) is 6.64. The average Bonchev–Trinajstić information content (AvgIpc) is 3.02. The van der Waals surface area contributed by atoms with E-state index in [1.54, 1.807) is 48.8 Å². The minimum Gasteiger partial charge on any atom is -0.339 e. The highest BCUT2D eigenvalue weighted by atomic mass is 35.5. The molecule has 0 fully saturated rings. The first kappa shape index (κ1) is 16.3. The van der Waals surface area contributed by atoms with Crippen LogP contribution in [0, 0.1) is 0 Å². The molecule has 0 amide bonds. The van der Waals surface area contributed by atoms with E-state index in [1.807, 2.05) is 0 Å². The predicted octanol–water partition coefficient (Wildman–Crippen LogP) is 4.55. The van der Waals surface area contributed by atoms with Crippen LogP contribution in [0.3, 0.4) is 0 Å². The minimum absolute atomic E-state index is 0.00731. The van der Waals surface area contributed by atoms with E-state index in [4.69, 9.17) is 11.6 Å². The SMILES string of the molecule is FC(F)c1nc2ccccc2n1-c1nc(Cl)cc(Nc2cccnc2)n1. The van der Waals surface area contributed by atoms with Crippen LogP contribution < -0.4 is 5.32 Å². The molecule has 6 nitrogen and oxygen atoms in total. The topological polar surface area (TPSA) is 68.5 Å². The van der Waals surface area contributed by atoms with Gasteiger partial charge in [-0.15, -0.1) is 0 Å². The van der Waals surface area contributed by atoms with Crippen molar-refractivity contribution in [3.8, 4) is 5.95 Å². The number of nitrogens with one attached hydrogen (secondary N) is 1. The normalized spacial score (nSPS) is 11.2. The fourth-order valence-electron chi connectivity index (χ4n) is 2.56. The molecule has 1 N–H and O–H groups in total. The van der Waals surface area contributed by atoms with E-state index < -0.39 is 12.2 Å². The summed E-state index contributed by atoms with van der Waals surface area (Å²) in [6, 6.07) is 11.8. The molecule has 1 aromatic carbocycles. The van der Waals surface area contributed by atoms with E-state index in [9.17, 15) is 8.78 Å². The first-order chi connectivity index (χ1) is 12.6. The van der Waals surface area contributed by atoms with Gasteiger partial charge in [-0.2, -0.15) is 4.98 Å². The van der Waals surface area contributed by atoms with Crippen LogP contribution in [0.4, 0.5) is 20.3 Å². The Morgan fingerprint density at radius 1 is 1.04 bits per heavy atom. The zero-order chi connectivity index (χ0) is 18.1. The van der Waals surface area contributed by atoms with Gasteiger partial charge in [-0.05, 0) is 24.3 Å². The summed E-state index contributed by atoms with van der Waals surface area (Å²) < 4.78 is 28.2. The lowest BCUT2D eigenvalue weighted by Gasteiger charge is -2.10. The van der Waals surface area contributed by atoms with Gasteiger partial charge in [-0.1, -0.05) is 23.7 Å². The van der Waals surface area contributed by atoms with Gasteiger partial charge in [0.15, 0.2) is 5.82 Å². The lowest BCUT2D eigenvalue weighted by atomic mass is 10.3. The van der Waals surface area contributed by atoms with Crippen molar-refractivity contribution in [3.63, 3.8) is 0 Å². The third-order valence-electron chi connectivity index (χ3n) is 3.60. The van der Waals surface area contributed by atoms with Crippen LogP contribution in [0.1, 0.15) is 12.2 Å². The highest BCUT2D eigenvalue weighted by Gasteiger charge is 2.22. The van der Waals surface area contributed by atoms with Gasteiger partial charge in [0, 0.05) is 12.3 Å². The fraction of sp³-hybridized carbons (Fsp3) is 0.0588. The van der Waals surface area contributed by atoms with Gasteiger partial charge >= 0.3 is 0 Å². The summed E-state index contributed by atoms with van der Waals surface area (Å²) in [5.41, 5.74) is 1.57. The van der Waals surface area contributed by atoms with Crippen molar-refractivity contribution in [2.45, 2.75) is 6.43 Å². The highest BCUT2D eigenvalue weighted by molar-refractivity contribution is 6.29. The number of alkyl halides is 2. The Balaban J connectivity index is 1.86. The molecule has 4 aromatic rings. The quantitative estimate of drug-likeness (QED) is 0.532. The van der Waals surface area contributed by atoms with E-state index in [0.717, 1.165) is 0 Å². The molecule has 0 atom stereocenters. The second-order valence-corrected chi connectivity index (χ2v) is 5.72. The fourth-order valence-corrected chi connectivity index (χ4v) is 2.73. The van der Waals surface area contributed by atoms with E-state index >= 15 is 0 Å². The summed E-state index contributed by atoms with van der Waals surface area (Å²) in [5.74, 6) is -0.0836. The number of benzene rings is 1. The van der Waals surface area contributed by atoms with Crippen molar-refractivity contribution in [1.29, 1.82) is 0 Å². The number of fused-ring (bicyclic) bond motifs is 1. The summed E-state index contributed by atoms with van der Waals surface area (Å²) in [4.78, 5) is 16.4. The summed E-state index contributed by atoms with van der Waals surface area (Å²) in [5, 5.41) is 3.14. The molecule has 130 valence electrons. The maximum atomic E-state index is 13.5. The molecule has 0 aliphatic heterocycles. The van der Waals surface area contributed by atoms with Crippen LogP contribution >= 0.6 is 11.6 Å². The molecule has 0 bridgehead atoms. The number of hydrogen-bond donors (Lipinski definition) is 1. The number of hydrogen-bond acceptors (Lipinski definition) is 5. The maximum absolute atomic E-state index is 13.5. The monoisotopic (exact) mass is 372 g/mol. The Bertz CT molecular complexity index is 1070. The molecule has 0 radical (unpaired) electrons. The highest BCUT2D eigenvalue weighted by Crippen LogP contribution is 2.28. The maximum Gasteiger partial charge on any atom is 0.296 e. The lowest BCUT2D eigenvalue weighted by molar-refractivity contribution is 0.139. The standard InChI is InChI=1S/C17H11ClF2N6/c18-13-8-14(22-10-4-3-7-21-9-10)25-17(24-13)26-12-6-2-1-5-11(12)23-16(26)15(19)20/h1-9,15H,(H,22,24,25). The summed E-state index contributed by atoms with van der Waals surface area (Å²) in [6.07, 6.45) is 0.447. The van der Waals surface area contributed by atoms with Crippen molar-refractivity contribution in [3.05, 3.63) is 65.8 Å². The number of rotatable bonds is 4. The minimum atomic E-state index is -2.79. The van der Waals surface area contributed by atoms with E-state index in [-0.39, 0.29) is 11.1 Å². The van der Waals surface area contributed by atoms with E-state index in [2.05, 4.69) is 25.3 Å². The number of anilines is 2. The second-order valence-electron chi connectivity index (χ2n) is 5.34. The zero-order valence-corrected chi connectivity index (χ0v) is 13.9. The Kier molecular flexibility index (Phi) is 4.18. The zero-order valence-electron chi connectivity index (χ0n) is 13.1.